The number of ether oxygens (including phenoxy) is 1. The fourth-order valence-corrected chi connectivity index (χ4v) is 5.52. The van der Waals surface area contributed by atoms with Gasteiger partial charge in [-0.1, -0.05) is 33.8 Å². The highest BCUT2D eigenvalue weighted by molar-refractivity contribution is 6.74. The first-order valence-electron chi connectivity index (χ1n) is 7.66. The minimum atomic E-state index is -1.85. The van der Waals surface area contributed by atoms with Crippen LogP contribution < -0.4 is 0 Å². The second-order valence-corrected chi connectivity index (χ2v) is 12.1. The van der Waals surface area contributed by atoms with Crippen LogP contribution >= 0.6 is 0 Å². The molecular formula is C16H28O3Si. The Morgan fingerprint density at radius 3 is 2.60 bits per heavy atom. The number of rotatable bonds is 5. The number of carbonyl (C=O) groups is 1. The monoisotopic (exact) mass is 296 g/mol. The van der Waals surface area contributed by atoms with Crippen molar-refractivity contribution in [2.24, 2.45) is 11.8 Å². The predicted octanol–water partition coefficient (Wildman–Crippen LogP) is 3.90. The van der Waals surface area contributed by atoms with E-state index in [1.54, 1.807) is 0 Å². The lowest BCUT2D eigenvalue weighted by Crippen LogP contribution is -2.47. The minimum Gasteiger partial charge on any atom is -0.392 e. The zero-order chi connectivity index (χ0) is 15.1. The largest absolute Gasteiger partial charge is 0.392 e. The molecule has 1 heterocycles. The minimum absolute atomic E-state index is 0.0888. The fourth-order valence-electron chi connectivity index (χ4n) is 3.01. The van der Waals surface area contributed by atoms with E-state index in [0.717, 1.165) is 24.7 Å². The van der Waals surface area contributed by atoms with E-state index in [9.17, 15) is 4.79 Å². The molecule has 114 valence electrons. The van der Waals surface area contributed by atoms with Crippen molar-refractivity contribution in [2.45, 2.75) is 71.1 Å². The van der Waals surface area contributed by atoms with Crippen LogP contribution in [-0.2, 0) is 14.0 Å². The van der Waals surface area contributed by atoms with Crippen LogP contribution in [0.15, 0.2) is 11.6 Å². The standard InChI is InChI=1S/C16H28O3Si/c1-11(2)16(3,4)20(5,6)19-15-9-13-7-12(10-17)8-14(13)18-15/h7,10-11,13-15H,8-9H2,1-6H3/t13-,14-,15?/m0/s1. The SMILES string of the molecule is CC(C)C(C)(C)[Si](C)(C)OC1C[C@@H]2C=C(C=O)C[C@@H]2O1. The molecule has 20 heavy (non-hydrogen) atoms. The molecule has 1 fully saturated rings. The molecule has 0 N–H and O–H groups in total. The van der Waals surface area contributed by atoms with Gasteiger partial charge in [0, 0.05) is 18.8 Å². The van der Waals surface area contributed by atoms with Crippen molar-refractivity contribution in [3.05, 3.63) is 11.6 Å². The van der Waals surface area contributed by atoms with Crippen molar-refractivity contribution >= 4 is 14.6 Å². The van der Waals surface area contributed by atoms with Gasteiger partial charge in [0.15, 0.2) is 8.32 Å². The molecule has 0 amide bonds. The van der Waals surface area contributed by atoms with Gasteiger partial charge >= 0.3 is 0 Å². The molecule has 0 radical (unpaired) electrons. The van der Waals surface area contributed by atoms with E-state index in [-0.39, 0.29) is 17.4 Å². The van der Waals surface area contributed by atoms with Gasteiger partial charge < -0.3 is 9.16 Å². The van der Waals surface area contributed by atoms with Crippen molar-refractivity contribution in [3.63, 3.8) is 0 Å². The van der Waals surface area contributed by atoms with Crippen LogP contribution in [0, 0.1) is 11.8 Å². The van der Waals surface area contributed by atoms with Gasteiger partial charge in [0.2, 0.25) is 0 Å². The van der Waals surface area contributed by atoms with E-state index in [1.165, 1.54) is 0 Å². The van der Waals surface area contributed by atoms with E-state index in [4.69, 9.17) is 9.16 Å². The van der Waals surface area contributed by atoms with Crippen LogP contribution in [0.5, 0.6) is 0 Å². The van der Waals surface area contributed by atoms with Crippen LogP contribution in [0.3, 0.4) is 0 Å². The quantitative estimate of drug-likeness (QED) is 0.570. The van der Waals surface area contributed by atoms with Gasteiger partial charge in [-0.05, 0) is 29.6 Å². The smallest absolute Gasteiger partial charge is 0.196 e. The van der Waals surface area contributed by atoms with E-state index in [2.05, 4.69) is 46.9 Å². The average molecular weight is 296 g/mol. The maximum absolute atomic E-state index is 10.8. The molecule has 3 atom stereocenters. The summed E-state index contributed by atoms with van der Waals surface area (Å²) in [5.74, 6) is 0.957. The van der Waals surface area contributed by atoms with Gasteiger partial charge in [-0.3, -0.25) is 4.79 Å². The van der Waals surface area contributed by atoms with Crippen molar-refractivity contribution in [3.8, 4) is 0 Å². The molecule has 0 bridgehead atoms. The Morgan fingerprint density at radius 2 is 2.10 bits per heavy atom. The third-order valence-electron chi connectivity index (χ3n) is 5.71. The second-order valence-electron chi connectivity index (χ2n) is 7.57. The predicted molar refractivity (Wildman–Crippen MR) is 83.0 cm³/mol. The Kier molecular flexibility index (Phi) is 4.29. The van der Waals surface area contributed by atoms with Crippen molar-refractivity contribution < 1.29 is 14.0 Å². The molecule has 0 saturated carbocycles. The summed E-state index contributed by atoms with van der Waals surface area (Å²) in [5, 5.41) is 0.206. The van der Waals surface area contributed by atoms with Gasteiger partial charge in [0.25, 0.3) is 0 Å². The van der Waals surface area contributed by atoms with Gasteiger partial charge in [0.05, 0.1) is 6.10 Å². The van der Waals surface area contributed by atoms with Crippen LogP contribution in [0.2, 0.25) is 18.1 Å². The average Bonchev–Trinajstić information content (AvgIpc) is 2.84. The Morgan fingerprint density at radius 1 is 1.45 bits per heavy atom. The highest BCUT2D eigenvalue weighted by Crippen LogP contribution is 2.47. The summed E-state index contributed by atoms with van der Waals surface area (Å²) in [4.78, 5) is 10.8. The molecule has 1 saturated heterocycles. The van der Waals surface area contributed by atoms with Crippen LogP contribution in [-0.4, -0.2) is 27.0 Å². The first-order chi connectivity index (χ1) is 9.17. The third kappa shape index (κ3) is 2.78. The number of carbonyl (C=O) groups excluding carboxylic acids is 1. The van der Waals surface area contributed by atoms with E-state index in [1.807, 2.05) is 0 Å². The Bertz CT molecular complexity index is 412. The summed E-state index contributed by atoms with van der Waals surface area (Å²) in [6, 6.07) is 0. The molecule has 0 aromatic carbocycles. The molecule has 0 aromatic heterocycles. The molecule has 1 aliphatic carbocycles. The van der Waals surface area contributed by atoms with Crippen molar-refractivity contribution in [1.82, 2.24) is 0 Å². The van der Waals surface area contributed by atoms with Crippen LogP contribution in [0.25, 0.3) is 0 Å². The Balaban J connectivity index is 1.99. The lowest BCUT2D eigenvalue weighted by atomic mass is 9.99. The van der Waals surface area contributed by atoms with Gasteiger partial charge in [-0.15, -0.1) is 0 Å². The van der Waals surface area contributed by atoms with E-state index >= 15 is 0 Å². The molecule has 2 aliphatic rings. The molecule has 3 nitrogen and oxygen atoms in total. The highest BCUT2D eigenvalue weighted by Gasteiger charge is 2.47. The zero-order valence-corrected chi connectivity index (χ0v) is 14.6. The number of fused-ring (bicyclic) bond motifs is 1. The molecule has 0 aromatic rings. The van der Waals surface area contributed by atoms with Crippen LogP contribution in [0.1, 0.15) is 40.5 Å². The summed E-state index contributed by atoms with van der Waals surface area (Å²) in [7, 11) is -1.85. The molecular weight excluding hydrogens is 268 g/mol. The molecule has 4 heteroatoms. The van der Waals surface area contributed by atoms with E-state index in [0.29, 0.717) is 11.8 Å². The molecule has 1 unspecified atom stereocenters. The maximum atomic E-state index is 10.8. The molecule has 2 rings (SSSR count). The zero-order valence-electron chi connectivity index (χ0n) is 13.6. The molecule has 1 aliphatic heterocycles. The number of hydrogen-bond acceptors (Lipinski definition) is 3. The van der Waals surface area contributed by atoms with E-state index < -0.39 is 8.32 Å². The Hall–Kier alpha value is -0.453. The first-order valence-corrected chi connectivity index (χ1v) is 10.6. The van der Waals surface area contributed by atoms with Crippen molar-refractivity contribution in [1.29, 1.82) is 0 Å². The molecule has 0 spiro atoms. The highest BCUT2D eigenvalue weighted by atomic mass is 28.4. The normalized spacial score (nSPS) is 30.6. The Labute approximate surface area is 123 Å². The van der Waals surface area contributed by atoms with Crippen LogP contribution in [0.4, 0.5) is 0 Å². The summed E-state index contributed by atoms with van der Waals surface area (Å²) in [6.07, 6.45) is 4.75. The summed E-state index contributed by atoms with van der Waals surface area (Å²) >= 11 is 0. The lowest BCUT2D eigenvalue weighted by molar-refractivity contribution is -0.106. The van der Waals surface area contributed by atoms with Gasteiger partial charge in [0.1, 0.15) is 12.6 Å². The number of aldehydes is 1. The number of hydrogen-bond donors (Lipinski definition) is 0. The third-order valence-corrected chi connectivity index (χ3v) is 10.2. The summed E-state index contributed by atoms with van der Waals surface area (Å²) in [6.45, 7) is 13.7. The fraction of sp³-hybridized carbons (Fsp3) is 0.812. The van der Waals surface area contributed by atoms with Gasteiger partial charge in [-0.25, -0.2) is 0 Å². The summed E-state index contributed by atoms with van der Waals surface area (Å²) in [5.41, 5.74) is 0.887. The topological polar surface area (TPSA) is 35.5 Å². The van der Waals surface area contributed by atoms with Gasteiger partial charge in [-0.2, -0.15) is 0 Å². The summed E-state index contributed by atoms with van der Waals surface area (Å²) < 4.78 is 12.5. The lowest BCUT2D eigenvalue weighted by Gasteiger charge is -2.43. The first kappa shape index (κ1) is 15.9. The maximum Gasteiger partial charge on any atom is 0.196 e. The second kappa shape index (κ2) is 5.39. The van der Waals surface area contributed by atoms with Crippen molar-refractivity contribution in [2.75, 3.05) is 0 Å².